The number of nitrogens with two attached hydrogens (primary N) is 1. The van der Waals surface area contributed by atoms with Gasteiger partial charge in [0.05, 0.1) is 0 Å². The van der Waals surface area contributed by atoms with Crippen molar-refractivity contribution < 1.29 is 0 Å². The van der Waals surface area contributed by atoms with E-state index >= 15 is 0 Å². The highest BCUT2D eigenvalue weighted by Crippen LogP contribution is 2.35. The molecule has 0 aromatic carbocycles. The minimum Gasteiger partial charge on any atom is -0.330 e. The molecule has 3 heteroatoms. The summed E-state index contributed by atoms with van der Waals surface area (Å²) in [4.78, 5) is 2.46. The van der Waals surface area contributed by atoms with Gasteiger partial charge in [-0.25, -0.2) is 0 Å². The van der Waals surface area contributed by atoms with E-state index in [1.165, 1.54) is 44.1 Å². The molecule has 2 nitrogen and oxygen atoms in total. The summed E-state index contributed by atoms with van der Waals surface area (Å²) in [5, 5.41) is 4.41. The molecule has 0 amide bonds. The molecule has 102 valence electrons. The third kappa shape index (κ3) is 3.81. The molecule has 0 spiro atoms. The van der Waals surface area contributed by atoms with Gasteiger partial charge in [-0.15, -0.1) is 0 Å². The molecule has 1 heterocycles. The third-order valence-electron chi connectivity index (χ3n) is 4.24. The number of thiophene rings is 1. The van der Waals surface area contributed by atoms with Crippen LogP contribution >= 0.6 is 11.3 Å². The Morgan fingerprint density at radius 2 is 2.00 bits per heavy atom. The molecule has 1 aromatic heterocycles. The quantitative estimate of drug-likeness (QED) is 0.827. The lowest BCUT2D eigenvalue weighted by atomic mass is 9.80. The fourth-order valence-corrected chi connectivity index (χ4v) is 3.89. The second kappa shape index (κ2) is 6.69. The van der Waals surface area contributed by atoms with Crippen molar-refractivity contribution in [2.45, 2.75) is 45.1 Å². The summed E-state index contributed by atoms with van der Waals surface area (Å²) in [7, 11) is 2.24. The average molecular weight is 266 g/mol. The normalized spacial score (nSPS) is 19.9. The smallest absolute Gasteiger partial charge is 0.0239 e. The van der Waals surface area contributed by atoms with Gasteiger partial charge < -0.3 is 10.6 Å². The minimum atomic E-state index is 0.376. The summed E-state index contributed by atoms with van der Waals surface area (Å²) in [6.07, 6.45) is 8.16. The molecule has 1 aliphatic carbocycles. The van der Waals surface area contributed by atoms with Crippen LogP contribution in [-0.2, 0) is 6.54 Å². The summed E-state index contributed by atoms with van der Waals surface area (Å²) in [6.45, 7) is 3.06. The fraction of sp³-hybridized carbons (Fsp3) is 0.733. The van der Waals surface area contributed by atoms with E-state index in [0.29, 0.717) is 5.41 Å². The van der Waals surface area contributed by atoms with Gasteiger partial charge in [0, 0.05) is 13.1 Å². The van der Waals surface area contributed by atoms with Gasteiger partial charge in [0.1, 0.15) is 0 Å². The molecule has 1 aromatic rings. The van der Waals surface area contributed by atoms with E-state index in [0.717, 1.165) is 19.6 Å². The van der Waals surface area contributed by atoms with Crippen LogP contribution in [-0.4, -0.2) is 25.0 Å². The van der Waals surface area contributed by atoms with Gasteiger partial charge in [0.2, 0.25) is 0 Å². The Hall–Kier alpha value is -0.380. The molecule has 0 atom stereocenters. The summed E-state index contributed by atoms with van der Waals surface area (Å²) in [6, 6.07) is 2.23. The fourth-order valence-electron chi connectivity index (χ4n) is 3.23. The van der Waals surface area contributed by atoms with Crippen molar-refractivity contribution in [3.05, 3.63) is 22.4 Å². The van der Waals surface area contributed by atoms with Crippen LogP contribution in [0.3, 0.4) is 0 Å². The predicted octanol–water partition coefficient (Wildman–Crippen LogP) is 3.48. The van der Waals surface area contributed by atoms with E-state index in [2.05, 4.69) is 28.8 Å². The molecule has 18 heavy (non-hydrogen) atoms. The molecule has 2 rings (SSSR count). The van der Waals surface area contributed by atoms with E-state index in [9.17, 15) is 0 Å². The first-order valence-corrected chi connectivity index (χ1v) is 8.08. The zero-order valence-electron chi connectivity index (χ0n) is 11.5. The van der Waals surface area contributed by atoms with E-state index < -0.39 is 0 Å². The van der Waals surface area contributed by atoms with E-state index in [1.807, 2.05) is 0 Å². The Morgan fingerprint density at radius 3 is 2.56 bits per heavy atom. The lowest BCUT2D eigenvalue weighted by Gasteiger charge is -2.35. The first-order chi connectivity index (χ1) is 8.74. The Bertz CT molecular complexity index is 326. The first kappa shape index (κ1) is 14.0. The molecule has 0 aliphatic heterocycles. The van der Waals surface area contributed by atoms with Crippen LogP contribution < -0.4 is 5.73 Å². The molecule has 1 fully saturated rings. The second-order valence-corrected chi connectivity index (χ2v) is 6.70. The van der Waals surface area contributed by atoms with Gasteiger partial charge in [0.25, 0.3) is 0 Å². The van der Waals surface area contributed by atoms with Crippen molar-refractivity contribution in [3.63, 3.8) is 0 Å². The summed E-state index contributed by atoms with van der Waals surface area (Å²) >= 11 is 1.78. The summed E-state index contributed by atoms with van der Waals surface area (Å²) in [5.74, 6) is 0. The van der Waals surface area contributed by atoms with Gasteiger partial charge >= 0.3 is 0 Å². The molecule has 0 radical (unpaired) electrons. The maximum atomic E-state index is 6.10. The van der Waals surface area contributed by atoms with Gasteiger partial charge in [-0.3, -0.25) is 0 Å². The van der Waals surface area contributed by atoms with Crippen molar-refractivity contribution in [1.29, 1.82) is 0 Å². The maximum Gasteiger partial charge on any atom is 0.0239 e. The van der Waals surface area contributed by atoms with Crippen LogP contribution in [0, 0.1) is 5.41 Å². The molecular formula is C15H26N2S. The predicted molar refractivity (Wildman–Crippen MR) is 79.8 cm³/mol. The van der Waals surface area contributed by atoms with Crippen LogP contribution in [0.2, 0.25) is 0 Å². The Balaban J connectivity index is 1.91. The SMILES string of the molecule is CN(Cc1ccsc1)CC1(CN)CCCCCC1. The molecule has 0 bridgehead atoms. The maximum absolute atomic E-state index is 6.10. The first-order valence-electron chi connectivity index (χ1n) is 7.14. The Morgan fingerprint density at radius 1 is 1.28 bits per heavy atom. The second-order valence-electron chi connectivity index (χ2n) is 5.92. The van der Waals surface area contributed by atoms with E-state index in [4.69, 9.17) is 5.73 Å². The number of hydrogen-bond donors (Lipinski definition) is 1. The molecule has 0 saturated heterocycles. The molecular weight excluding hydrogens is 240 g/mol. The topological polar surface area (TPSA) is 29.3 Å². The van der Waals surface area contributed by atoms with Crippen molar-refractivity contribution >= 4 is 11.3 Å². The number of hydrogen-bond acceptors (Lipinski definition) is 3. The summed E-state index contributed by atoms with van der Waals surface area (Å²) < 4.78 is 0. The molecule has 1 saturated carbocycles. The highest BCUT2D eigenvalue weighted by Gasteiger charge is 2.30. The number of nitrogens with zero attached hydrogens (tertiary/aromatic N) is 1. The van der Waals surface area contributed by atoms with Crippen LogP contribution in [0.5, 0.6) is 0 Å². The van der Waals surface area contributed by atoms with Crippen molar-refractivity contribution in [1.82, 2.24) is 4.90 Å². The molecule has 1 aliphatic rings. The number of rotatable bonds is 5. The molecule has 0 unspecified atom stereocenters. The Kier molecular flexibility index (Phi) is 5.22. The van der Waals surface area contributed by atoms with Crippen LogP contribution in [0.1, 0.15) is 44.1 Å². The zero-order chi connectivity index (χ0) is 12.8. The van der Waals surface area contributed by atoms with Crippen molar-refractivity contribution in [2.75, 3.05) is 20.1 Å². The van der Waals surface area contributed by atoms with Gasteiger partial charge in [-0.2, -0.15) is 11.3 Å². The van der Waals surface area contributed by atoms with Crippen molar-refractivity contribution in [2.24, 2.45) is 11.1 Å². The largest absolute Gasteiger partial charge is 0.330 e. The highest BCUT2D eigenvalue weighted by molar-refractivity contribution is 7.07. The van der Waals surface area contributed by atoms with Gasteiger partial charge in [0.15, 0.2) is 0 Å². The lowest BCUT2D eigenvalue weighted by molar-refractivity contribution is 0.153. The van der Waals surface area contributed by atoms with Gasteiger partial charge in [-0.05, 0) is 54.2 Å². The minimum absolute atomic E-state index is 0.376. The standard InChI is InChI=1S/C15H26N2S/c1-17(10-14-6-9-18-11-14)13-15(12-16)7-4-2-3-5-8-15/h6,9,11H,2-5,7-8,10,12-13,16H2,1H3. The van der Waals surface area contributed by atoms with Gasteiger partial charge in [-0.1, -0.05) is 25.7 Å². The van der Waals surface area contributed by atoms with E-state index in [1.54, 1.807) is 11.3 Å². The Labute approximate surface area is 115 Å². The summed E-state index contributed by atoms with van der Waals surface area (Å²) in [5.41, 5.74) is 7.91. The third-order valence-corrected chi connectivity index (χ3v) is 4.97. The highest BCUT2D eigenvalue weighted by atomic mass is 32.1. The average Bonchev–Trinajstić information content (AvgIpc) is 2.74. The van der Waals surface area contributed by atoms with Crippen LogP contribution in [0.15, 0.2) is 16.8 Å². The monoisotopic (exact) mass is 266 g/mol. The van der Waals surface area contributed by atoms with Crippen LogP contribution in [0.4, 0.5) is 0 Å². The van der Waals surface area contributed by atoms with Crippen LogP contribution in [0.25, 0.3) is 0 Å². The van der Waals surface area contributed by atoms with E-state index in [-0.39, 0.29) is 0 Å². The molecule has 2 N–H and O–H groups in total. The lowest BCUT2D eigenvalue weighted by Crippen LogP contribution is -2.40. The van der Waals surface area contributed by atoms with Crippen molar-refractivity contribution in [3.8, 4) is 0 Å². The zero-order valence-corrected chi connectivity index (χ0v) is 12.3.